The Labute approximate surface area is 135 Å². The van der Waals surface area contributed by atoms with Crippen molar-refractivity contribution in [3.63, 3.8) is 0 Å². The molecule has 0 atom stereocenters. The number of aromatic nitrogens is 2. The Hall–Kier alpha value is -2.44. The molecule has 122 valence electrons. The third-order valence-electron chi connectivity index (χ3n) is 4.40. The highest BCUT2D eigenvalue weighted by molar-refractivity contribution is 6.07. The van der Waals surface area contributed by atoms with E-state index in [-0.39, 0.29) is 11.8 Å². The third kappa shape index (κ3) is 3.04. The van der Waals surface area contributed by atoms with E-state index in [4.69, 9.17) is 0 Å². The lowest BCUT2D eigenvalue weighted by Gasteiger charge is -2.36. The van der Waals surface area contributed by atoms with Gasteiger partial charge in [0.1, 0.15) is 5.41 Å². The van der Waals surface area contributed by atoms with E-state index in [1.165, 1.54) is 0 Å². The topological polar surface area (TPSA) is 78.4 Å². The van der Waals surface area contributed by atoms with Gasteiger partial charge < -0.3 is 15.1 Å². The van der Waals surface area contributed by atoms with Gasteiger partial charge in [-0.2, -0.15) is 0 Å². The van der Waals surface area contributed by atoms with Crippen LogP contribution in [0.15, 0.2) is 31.1 Å². The van der Waals surface area contributed by atoms with Crippen LogP contribution in [0.5, 0.6) is 0 Å². The van der Waals surface area contributed by atoms with E-state index >= 15 is 0 Å². The molecule has 2 fully saturated rings. The van der Waals surface area contributed by atoms with Gasteiger partial charge in [0, 0.05) is 45.1 Å². The second-order valence-electron chi connectivity index (χ2n) is 5.91. The fourth-order valence-corrected chi connectivity index (χ4v) is 2.86. The molecule has 1 saturated carbocycles. The van der Waals surface area contributed by atoms with Gasteiger partial charge in [0.25, 0.3) is 0 Å². The zero-order valence-corrected chi connectivity index (χ0v) is 13.1. The van der Waals surface area contributed by atoms with Gasteiger partial charge in [-0.15, -0.1) is 6.58 Å². The standard InChI is InChI=1S/C16H21N5O2/c1-2-6-17-13(22)16(4-5-16)14(23)20-9-11-21(12-10-20)15-18-7-3-8-19-15/h2-3,7-8H,1,4-6,9-12H2,(H,17,22). The van der Waals surface area contributed by atoms with Crippen LogP contribution in [-0.2, 0) is 9.59 Å². The number of carbonyl (C=O) groups excluding carboxylic acids is 2. The van der Waals surface area contributed by atoms with E-state index in [0.717, 1.165) is 0 Å². The van der Waals surface area contributed by atoms with Crippen molar-refractivity contribution in [3.05, 3.63) is 31.1 Å². The van der Waals surface area contributed by atoms with E-state index in [9.17, 15) is 9.59 Å². The summed E-state index contributed by atoms with van der Waals surface area (Å²) in [6.07, 6.45) is 6.32. The van der Waals surface area contributed by atoms with Crippen molar-refractivity contribution < 1.29 is 9.59 Å². The summed E-state index contributed by atoms with van der Waals surface area (Å²) in [7, 11) is 0. The molecule has 2 aliphatic rings. The molecule has 2 heterocycles. The van der Waals surface area contributed by atoms with Crippen molar-refractivity contribution in [1.29, 1.82) is 0 Å². The molecule has 1 saturated heterocycles. The van der Waals surface area contributed by atoms with Gasteiger partial charge in [-0.3, -0.25) is 9.59 Å². The summed E-state index contributed by atoms with van der Waals surface area (Å²) >= 11 is 0. The lowest BCUT2D eigenvalue weighted by molar-refractivity contribution is -0.144. The van der Waals surface area contributed by atoms with Crippen molar-refractivity contribution in [3.8, 4) is 0 Å². The first-order valence-electron chi connectivity index (χ1n) is 7.88. The monoisotopic (exact) mass is 315 g/mol. The Kier molecular flexibility index (Phi) is 4.27. The van der Waals surface area contributed by atoms with Gasteiger partial charge in [0.05, 0.1) is 0 Å². The Bertz CT molecular complexity index is 592. The predicted molar refractivity (Wildman–Crippen MR) is 85.7 cm³/mol. The van der Waals surface area contributed by atoms with Gasteiger partial charge in [-0.05, 0) is 18.9 Å². The maximum Gasteiger partial charge on any atom is 0.238 e. The van der Waals surface area contributed by atoms with E-state index < -0.39 is 5.41 Å². The minimum atomic E-state index is -0.839. The first-order chi connectivity index (χ1) is 11.2. The first kappa shape index (κ1) is 15.5. The molecule has 3 rings (SSSR count). The van der Waals surface area contributed by atoms with E-state index in [0.29, 0.717) is 51.5 Å². The summed E-state index contributed by atoms with van der Waals surface area (Å²) < 4.78 is 0. The second kappa shape index (κ2) is 6.36. The van der Waals surface area contributed by atoms with Crippen molar-refractivity contribution in [2.75, 3.05) is 37.6 Å². The highest BCUT2D eigenvalue weighted by atomic mass is 16.2. The molecule has 1 N–H and O–H groups in total. The number of hydrogen-bond donors (Lipinski definition) is 1. The molecule has 1 aliphatic carbocycles. The van der Waals surface area contributed by atoms with Crippen LogP contribution in [0.2, 0.25) is 0 Å². The molecule has 0 aromatic carbocycles. The number of piperazine rings is 1. The quantitative estimate of drug-likeness (QED) is 0.621. The Balaban J connectivity index is 1.58. The van der Waals surface area contributed by atoms with Crippen molar-refractivity contribution >= 4 is 17.8 Å². The minimum absolute atomic E-state index is 0.0484. The van der Waals surface area contributed by atoms with Crippen LogP contribution >= 0.6 is 0 Å². The zero-order chi connectivity index (χ0) is 16.3. The van der Waals surface area contributed by atoms with Crippen molar-refractivity contribution in [1.82, 2.24) is 20.2 Å². The highest BCUT2D eigenvalue weighted by Gasteiger charge is 2.57. The summed E-state index contributed by atoms with van der Waals surface area (Å²) in [5, 5.41) is 2.75. The van der Waals surface area contributed by atoms with E-state index in [1.54, 1.807) is 29.4 Å². The van der Waals surface area contributed by atoms with Gasteiger partial charge in [0.2, 0.25) is 17.8 Å². The molecule has 1 aromatic heterocycles. The number of hydrogen-bond acceptors (Lipinski definition) is 5. The molecule has 23 heavy (non-hydrogen) atoms. The largest absolute Gasteiger partial charge is 0.352 e. The zero-order valence-electron chi connectivity index (χ0n) is 13.1. The minimum Gasteiger partial charge on any atom is -0.352 e. The molecule has 0 unspecified atom stereocenters. The Morgan fingerprint density at radius 1 is 1.22 bits per heavy atom. The lowest BCUT2D eigenvalue weighted by Crippen LogP contribution is -2.53. The number of nitrogens with one attached hydrogen (secondary N) is 1. The number of rotatable bonds is 5. The molecule has 1 aliphatic heterocycles. The summed E-state index contributed by atoms with van der Waals surface area (Å²) in [6.45, 7) is 6.52. The van der Waals surface area contributed by atoms with Gasteiger partial charge in [-0.1, -0.05) is 6.08 Å². The normalized spacial score (nSPS) is 19.1. The third-order valence-corrected chi connectivity index (χ3v) is 4.40. The summed E-state index contributed by atoms with van der Waals surface area (Å²) in [5.74, 6) is 0.466. The number of amides is 2. The SMILES string of the molecule is C=CCNC(=O)C1(C(=O)N2CCN(c3ncccn3)CC2)CC1. The maximum atomic E-state index is 12.7. The average Bonchev–Trinajstić information content (AvgIpc) is 3.42. The molecule has 1 aromatic rings. The van der Waals surface area contributed by atoms with Gasteiger partial charge >= 0.3 is 0 Å². The van der Waals surface area contributed by atoms with Crippen LogP contribution in [0.4, 0.5) is 5.95 Å². The number of nitrogens with zero attached hydrogens (tertiary/aromatic N) is 4. The fourth-order valence-electron chi connectivity index (χ4n) is 2.86. The van der Waals surface area contributed by atoms with Crippen LogP contribution < -0.4 is 10.2 Å². The van der Waals surface area contributed by atoms with Crippen LogP contribution in [0, 0.1) is 5.41 Å². The molecular formula is C16H21N5O2. The van der Waals surface area contributed by atoms with Crippen molar-refractivity contribution in [2.45, 2.75) is 12.8 Å². The summed E-state index contributed by atoms with van der Waals surface area (Å²) in [4.78, 5) is 37.3. The molecule has 2 amide bonds. The smallest absolute Gasteiger partial charge is 0.238 e. The van der Waals surface area contributed by atoms with Crippen molar-refractivity contribution in [2.24, 2.45) is 5.41 Å². The van der Waals surface area contributed by atoms with E-state index in [1.807, 2.05) is 0 Å². The van der Waals surface area contributed by atoms with Crippen LogP contribution in [0.25, 0.3) is 0 Å². The molecular weight excluding hydrogens is 294 g/mol. The summed E-state index contributed by atoms with van der Waals surface area (Å²) in [5.41, 5.74) is -0.839. The van der Waals surface area contributed by atoms with Crippen LogP contribution in [0.1, 0.15) is 12.8 Å². The molecule has 0 radical (unpaired) electrons. The maximum absolute atomic E-state index is 12.7. The molecule has 0 bridgehead atoms. The van der Waals surface area contributed by atoms with Gasteiger partial charge in [0.15, 0.2) is 0 Å². The molecule has 7 nitrogen and oxygen atoms in total. The second-order valence-corrected chi connectivity index (χ2v) is 5.91. The number of anilines is 1. The van der Waals surface area contributed by atoms with Gasteiger partial charge in [-0.25, -0.2) is 9.97 Å². The average molecular weight is 315 g/mol. The first-order valence-corrected chi connectivity index (χ1v) is 7.88. The summed E-state index contributed by atoms with van der Waals surface area (Å²) in [6, 6.07) is 1.78. The van der Waals surface area contributed by atoms with Crippen LogP contribution in [-0.4, -0.2) is 59.4 Å². The Morgan fingerprint density at radius 2 is 1.87 bits per heavy atom. The number of carbonyl (C=O) groups is 2. The lowest BCUT2D eigenvalue weighted by atomic mass is 10.0. The Morgan fingerprint density at radius 3 is 2.43 bits per heavy atom. The fraction of sp³-hybridized carbons (Fsp3) is 0.500. The van der Waals surface area contributed by atoms with Crippen LogP contribution in [0.3, 0.4) is 0 Å². The highest BCUT2D eigenvalue weighted by Crippen LogP contribution is 2.47. The predicted octanol–water partition coefficient (Wildman–Crippen LogP) is 0.208. The molecule has 7 heteroatoms. The molecule has 0 spiro atoms. The van der Waals surface area contributed by atoms with E-state index in [2.05, 4.69) is 26.8 Å².